The summed E-state index contributed by atoms with van der Waals surface area (Å²) in [5.74, 6) is -0.576. The Balaban J connectivity index is 2.81. The quantitative estimate of drug-likeness (QED) is 0.589. The Bertz CT molecular complexity index is 697. The molecular formula is C11H10N2O4S. The van der Waals surface area contributed by atoms with Crippen LogP contribution < -0.4 is 0 Å². The van der Waals surface area contributed by atoms with Crippen LogP contribution >= 0.6 is 0 Å². The van der Waals surface area contributed by atoms with Gasteiger partial charge in [-0.25, -0.2) is 4.21 Å². The summed E-state index contributed by atoms with van der Waals surface area (Å²) >= 11 is 0. The van der Waals surface area contributed by atoms with Gasteiger partial charge in [0.1, 0.15) is 9.63 Å². The lowest BCUT2D eigenvalue weighted by Crippen LogP contribution is -2.31. The number of ketones is 1. The van der Waals surface area contributed by atoms with Gasteiger partial charge in [0.2, 0.25) is 0 Å². The lowest BCUT2D eigenvalue weighted by molar-refractivity contribution is -0.00436. The van der Waals surface area contributed by atoms with E-state index in [1.54, 1.807) is 0 Å². The van der Waals surface area contributed by atoms with Crippen LogP contribution in [0.3, 0.4) is 0 Å². The first kappa shape index (κ1) is 12.5. The number of hydrogen-bond donors (Lipinski definition) is 2. The van der Waals surface area contributed by atoms with Crippen molar-refractivity contribution in [3.63, 3.8) is 0 Å². The van der Waals surface area contributed by atoms with E-state index >= 15 is 0 Å². The summed E-state index contributed by atoms with van der Waals surface area (Å²) in [6, 6.07) is 4.07. The SMILES string of the molecule is CS(=O)(O)(O)c1cccc2c1C=CC(=[N+]=[N-])C2=O. The molecular weight excluding hydrogens is 256 g/mol. The summed E-state index contributed by atoms with van der Waals surface area (Å²) in [6.45, 7) is 0. The van der Waals surface area contributed by atoms with E-state index in [2.05, 4.69) is 4.79 Å². The van der Waals surface area contributed by atoms with E-state index in [4.69, 9.17) is 5.53 Å². The summed E-state index contributed by atoms with van der Waals surface area (Å²) in [5, 5.41) is 0. The molecule has 7 heteroatoms. The van der Waals surface area contributed by atoms with Crippen LogP contribution in [-0.2, 0) is 9.63 Å². The molecule has 2 N–H and O–H groups in total. The summed E-state index contributed by atoms with van der Waals surface area (Å²) in [4.78, 5) is 14.4. The third-order valence-electron chi connectivity index (χ3n) is 2.57. The van der Waals surface area contributed by atoms with E-state index in [1.165, 1.54) is 30.4 Å². The van der Waals surface area contributed by atoms with Crippen molar-refractivity contribution in [3.8, 4) is 0 Å². The average Bonchev–Trinajstić information content (AvgIpc) is 2.27. The van der Waals surface area contributed by atoms with Gasteiger partial charge >= 0.3 is 5.71 Å². The molecule has 1 aliphatic carbocycles. The maximum absolute atomic E-state index is 11.8. The second-order valence-electron chi connectivity index (χ2n) is 4.10. The van der Waals surface area contributed by atoms with E-state index in [1.807, 2.05) is 0 Å². The molecule has 0 fully saturated rings. The molecule has 1 aromatic carbocycles. The Morgan fingerprint density at radius 3 is 2.50 bits per heavy atom. The van der Waals surface area contributed by atoms with Crippen LogP contribution in [-0.4, -0.2) is 35.9 Å². The van der Waals surface area contributed by atoms with E-state index in [-0.39, 0.29) is 21.7 Å². The third kappa shape index (κ3) is 1.96. The Kier molecular flexibility index (Phi) is 2.46. The topological polar surface area (TPSA) is 111 Å². The first-order valence-corrected chi connectivity index (χ1v) is 7.21. The number of nitrogens with zero attached hydrogens (tertiary/aromatic N) is 2. The zero-order chi connectivity index (χ0) is 13.6. The Morgan fingerprint density at radius 1 is 1.28 bits per heavy atom. The van der Waals surface area contributed by atoms with Crippen molar-refractivity contribution in [1.82, 2.24) is 0 Å². The van der Waals surface area contributed by atoms with Gasteiger partial charge in [0, 0.05) is 23.5 Å². The molecule has 1 aliphatic rings. The van der Waals surface area contributed by atoms with Crippen LogP contribution in [0.1, 0.15) is 15.9 Å². The fraction of sp³-hybridized carbons (Fsp3) is 0.0909. The monoisotopic (exact) mass is 266 g/mol. The number of carbonyl (C=O) groups excluding carboxylic acids is 1. The lowest BCUT2D eigenvalue weighted by Gasteiger charge is -2.28. The Hall–Kier alpha value is -1.92. The van der Waals surface area contributed by atoms with Gasteiger partial charge in [0.05, 0.1) is 4.90 Å². The molecule has 0 aliphatic heterocycles. The van der Waals surface area contributed by atoms with E-state index < -0.39 is 15.4 Å². The van der Waals surface area contributed by atoms with Crippen molar-refractivity contribution < 1.29 is 22.9 Å². The van der Waals surface area contributed by atoms with Gasteiger partial charge in [-0.2, -0.15) is 4.79 Å². The molecule has 0 bridgehead atoms. The standard InChI is InChI=1S/C11H10N2O4S/c1-18(15,16,17)10-4-2-3-8-7(10)5-6-9(13-12)11(8)14/h2-6H,1H3,(H2,15,16,17). The average molecular weight is 266 g/mol. The highest BCUT2D eigenvalue weighted by Gasteiger charge is 2.34. The van der Waals surface area contributed by atoms with Gasteiger partial charge in [0.15, 0.2) is 0 Å². The molecule has 6 nitrogen and oxygen atoms in total. The second kappa shape index (κ2) is 3.54. The maximum atomic E-state index is 11.8. The number of fused-ring (bicyclic) bond motifs is 1. The Labute approximate surface area is 103 Å². The molecule has 94 valence electrons. The number of allylic oxidation sites excluding steroid dienone is 1. The number of hydrogen-bond acceptors (Lipinski definition) is 2. The van der Waals surface area contributed by atoms with Gasteiger partial charge in [-0.3, -0.25) is 4.79 Å². The predicted octanol–water partition coefficient (Wildman–Crippen LogP) is 1.32. The van der Waals surface area contributed by atoms with Gasteiger partial charge in [-0.1, -0.05) is 12.1 Å². The van der Waals surface area contributed by atoms with Crippen LogP contribution in [0.4, 0.5) is 0 Å². The second-order valence-corrected chi connectivity index (χ2v) is 7.00. The van der Waals surface area contributed by atoms with Crippen molar-refractivity contribution in [2.24, 2.45) is 0 Å². The van der Waals surface area contributed by atoms with Gasteiger partial charge in [-0.15, -0.1) is 0 Å². The van der Waals surface area contributed by atoms with Crippen LogP contribution in [0.5, 0.6) is 0 Å². The van der Waals surface area contributed by atoms with Crippen molar-refractivity contribution in [2.75, 3.05) is 6.26 Å². The van der Waals surface area contributed by atoms with Gasteiger partial charge in [-0.05, 0) is 12.1 Å². The minimum Gasteiger partial charge on any atom is -0.361 e. The summed E-state index contributed by atoms with van der Waals surface area (Å²) in [7, 11) is -4.94. The highest BCUT2D eigenvalue weighted by molar-refractivity contribution is 8.09. The minimum atomic E-state index is -4.94. The molecule has 0 aromatic heterocycles. The summed E-state index contributed by atoms with van der Waals surface area (Å²) in [6.07, 6.45) is 3.36. The molecule has 0 unspecified atom stereocenters. The highest BCUT2D eigenvalue weighted by Crippen LogP contribution is 2.33. The smallest absolute Gasteiger partial charge is 0.361 e. The van der Waals surface area contributed by atoms with Crippen molar-refractivity contribution in [3.05, 3.63) is 40.9 Å². The number of rotatable bonds is 1. The van der Waals surface area contributed by atoms with Crippen molar-refractivity contribution in [1.29, 1.82) is 0 Å². The zero-order valence-corrected chi connectivity index (χ0v) is 10.2. The molecule has 0 saturated heterocycles. The predicted molar refractivity (Wildman–Crippen MR) is 66.0 cm³/mol. The normalized spacial score (nSPS) is 16.7. The molecule has 0 spiro atoms. The maximum Gasteiger partial charge on any atom is 0.362 e. The number of benzene rings is 1. The van der Waals surface area contributed by atoms with E-state index in [0.717, 1.165) is 6.26 Å². The van der Waals surface area contributed by atoms with E-state index in [0.29, 0.717) is 0 Å². The molecule has 0 radical (unpaired) electrons. The molecule has 2 rings (SSSR count). The fourth-order valence-electron chi connectivity index (χ4n) is 1.78. The summed E-state index contributed by atoms with van der Waals surface area (Å²) in [5.41, 5.74) is 8.71. The zero-order valence-electron chi connectivity index (χ0n) is 9.40. The van der Waals surface area contributed by atoms with Crippen molar-refractivity contribution >= 4 is 27.2 Å². The highest BCUT2D eigenvalue weighted by atomic mass is 32.3. The summed E-state index contributed by atoms with van der Waals surface area (Å²) < 4.78 is 31.0. The minimum absolute atomic E-state index is 0.103. The first-order chi connectivity index (χ1) is 8.21. The molecule has 18 heavy (non-hydrogen) atoms. The van der Waals surface area contributed by atoms with Crippen molar-refractivity contribution in [2.45, 2.75) is 4.90 Å². The van der Waals surface area contributed by atoms with Gasteiger partial charge in [0.25, 0.3) is 5.78 Å². The van der Waals surface area contributed by atoms with Crippen LogP contribution in [0.15, 0.2) is 29.2 Å². The Morgan fingerprint density at radius 2 is 1.94 bits per heavy atom. The molecule has 0 saturated carbocycles. The van der Waals surface area contributed by atoms with Crippen LogP contribution in [0.2, 0.25) is 0 Å². The largest absolute Gasteiger partial charge is 0.362 e. The number of Topliss-reactive ketones (excluding diaryl/α,β-unsaturated/α-hetero) is 1. The van der Waals surface area contributed by atoms with Gasteiger partial charge < -0.3 is 14.6 Å². The third-order valence-corrected chi connectivity index (χ3v) is 3.93. The lowest BCUT2D eigenvalue weighted by atomic mass is 9.95. The molecule has 0 atom stereocenters. The number of carbonyl (C=O) groups is 1. The first-order valence-electron chi connectivity index (χ1n) is 4.93. The molecule has 1 aromatic rings. The van der Waals surface area contributed by atoms with E-state index in [9.17, 15) is 18.1 Å². The fourth-order valence-corrected chi connectivity index (χ4v) is 2.85. The van der Waals surface area contributed by atoms with Crippen LogP contribution in [0.25, 0.3) is 11.6 Å². The molecule has 0 amide bonds. The molecule has 0 heterocycles. The van der Waals surface area contributed by atoms with Crippen LogP contribution in [0, 0.1) is 0 Å².